The van der Waals surface area contributed by atoms with Crippen LogP contribution < -0.4 is 5.73 Å². The van der Waals surface area contributed by atoms with E-state index in [1.807, 2.05) is 30.3 Å². The summed E-state index contributed by atoms with van der Waals surface area (Å²) in [5, 5.41) is 0.529. The number of benzene rings is 2. The first kappa shape index (κ1) is 11.8. The molecule has 0 aliphatic carbocycles. The SMILES string of the molecule is Nc1cccc(Cl)c1-c1ncc(-c2ccccc2)o1. The fourth-order valence-electron chi connectivity index (χ4n) is 1.89. The third kappa shape index (κ3) is 2.20. The second-order valence-electron chi connectivity index (χ2n) is 4.10. The molecule has 19 heavy (non-hydrogen) atoms. The van der Waals surface area contributed by atoms with Gasteiger partial charge >= 0.3 is 0 Å². The highest BCUT2D eigenvalue weighted by Crippen LogP contribution is 2.34. The average molecular weight is 271 g/mol. The lowest BCUT2D eigenvalue weighted by Crippen LogP contribution is -1.90. The number of hydrogen-bond donors (Lipinski definition) is 1. The summed E-state index contributed by atoms with van der Waals surface area (Å²) >= 11 is 6.14. The van der Waals surface area contributed by atoms with E-state index in [1.165, 1.54) is 0 Å². The number of oxazole rings is 1. The lowest BCUT2D eigenvalue weighted by molar-refractivity contribution is 0.589. The van der Waals surface area contributed by atoms with Crippen molar-refractivity contribution in [3.05, 3.63) is 59.8 Å². The van der Waals surface area contributed by atoms with Crippen LogP contribution in [-0.4, -0.2) is 4.98 Å². The van der Waals surface area contributed by atoms with Crippen molar-refractivity contribution in [1.82, 2.24) is 4.98 Å². The largest absolute Gasteiger partial charge is 0.436 e. The van der Waals surface area contributed by atoms with Gasteiger partial charge in [-0.2, -0.15) is 0 Å². The van der Waals surface area contributed by atoms with Crippen molar-refractivity contribution in [2.75, 3.05) is 5.73 Å². The van der Waals surface area contributed by atoms with Gasteiger partial charge in [-0.25, -0.2) is 4.98 Å². The molecule has 0 saturated carbocycles. The minimum Gasteiger partial charge on any atom is -0.436 e. The Balaban J connectivity index is 2.07. The average Bonchev–Trinajstić information content (AvgIpc) is 2.89. The quantitative estimate of drug-likeness (QED) is 0.709. The van der Waals surface area contributed by atoms with E-state index >= 15 is 0 Å². The summed E-state index contributed by atoms with van der Waals surface area (Å²) in [6.45, 7) is 0. The minimum atomic E-state index is 0.432. The lowest BCUT2D eigenvalue weighted by atomic mass is 10.2. The Morgan fingerprint density at radius 2 is 1.79 bits per heavy atom. The van der Waals surface area contributed by atoms with E-state index in [1.54, 1.807) is 24.4 Å². The summed E-state index contributed by atoms with van der Waals surface area (Å²) in [6, 6.07) is 15.1. The Kier molecular flexibility index (Phi) is 2.97. The molecular weight excluding hydrogens is 260 g/mol. The van der Waals surface area contributed by atoms with Gasteiger partial charge in [0.05, 0.1) is 16.8 Å². The van der Waals surface area contributed by atoms with E-state index < -0.39 is 0 Å². The maximum atomic E-state index is 6.14. The summed E-state index contributed by atoms with van der Waals surface area (Å²) in [5.74, 6) is 1.12. The molecule has 0 atom stereocenters. The normalized spacial score (nSPS) is 10.6. The Labute approximate surface area is 115 Å². The second-order valence-corrected chi connectivity index (χ2v) is 4.51. The van der Waals surface area contributed by atoms with E-state index in [9.17, 15) is 0 Å². The van der Waals surface area contributed by atoms with Crippen LogP contribution in [0, 0.1) is 0 Å². The van der Waals surface area contributed by atoms with Gasteiger partial charge in [0.15, 0.2) is 5.76 Å². The topological polar surface area (TPSA) is 52.0 Å². The molecule has 2 N–H and O–H groups in total. The molecule has 0 bridgehead atoms. The Morgan fingerprint density at radius 3 is 2.53 bits per heavy atom. The molecule has 0 spiro atoms. The second kappa shape index (κ2) is 4.78. The van der Waals surface area contributed by atoms with Crippen molar-refractivity contribution < 1.29 is 4.42 Å². The summed E-state index contributed by atoms with van der Waals surface area (Å²) in [5.41, 5.74) is 8.06. The van der Waals surface area contributed by atoms with E-state index in [0.29, 0.717) is 27.9 Å². The van der Waals surface area contributed by atoms with E-state index in [4.69, 9.17) is 21.8 Å². The summed E-state index contributed by atoms with van der Waals surface area (Å²) in [6.07, 6.45) is 1.67. The molecule has 3 rings (SSSR count). The zero-order chi connectivity index (χ0) is 13.2. The maximum Gasteiger partial charge on any atom is 0.230 e. The van der Waals surface area contributed by atoms with E-state index in [-0.39, 0.29) is 0 Å². The van der Waals surface area contributed by atoms with Crippen molar-refractivity contribution in [2.24, 2.45) is 0 Å². The molecule has 2 aromatic carbocycles. The molecule has 0 amide bonds. The monoisotopic (exact) mass is 270 g/mol. The molecule has 0 unspecified atom stereocenters. The number of aromatic nitrogens is 1. The minimum absolute atomic E-state index is 0.432. The van der Waals surface area contributed by atoms with Crippen LogP contribution in [0.4, 0.5) is 5.69 Å². The number of nitrogen functional groups attached to an aromatic ring is 1. The van der Waals surface area contributed by atoms with Crippen LogP contribution in [0.3, 0.4) is 0 Å². The Hall–Kier alpha value is -2.26. The van der Waals surface area contributed by atoms with Crippen molar-refractivity contribution in [1.29, 1.82) is 0 Å². The Morgan fingerprint density at radius 1 is 1.00 bits per heavy atom. The first-order valence-corrected chi connectivity index (χ1v) is 6.19. The van der Waals surface area contributed by atoms with E-state index in [2.05, 4.69) is 4.98 Å². The number of hydrogen-bond acceptors (Lipinski definition) is 3. The number of anilines is 1. The van der Waals surface area contributed by atoms with Crippen LogP contribution in [-0.2, 0) is 0 Å². The van der Waals surface area contributed by atoms with Crippen LogP contribution in [0.2, 0.25) is 5.02 Å². The predicted molar refractivity (Wildman–Crippen MR) is 76.8 cm³/mol. The molecule has 0 aliphatic rings. The van der Waals surface area contributed by atoms with Crippen molar-refractivity contribution in [2.45, 2.75) is 0 Å². The highest BCUT2D eigenvalue weighted by molar-refractivity contribution is 6.33. The van der Waals surface area contributed by atoms with Crippen molar-refractivity contribution in [3.8, 4) is 22.8 Å². The molecular formula is C15H11ClN2O. The maximum absolute atomic E-state index is 6.14. The van der Waals surface area contributed by atoms with Gasteiger partial charge < -0.3 is 10.2 Å². The van der Waals surface area contributed by atoms with Gasteiger partial charge in [-0.05, 0) is 12.1 Å². The van der Waals surface area contributed by atoms with Gasteiger partial charge in [0.1, 0.15) is 0 Å². The molecule has 0 fully saturated rings. The van der Waals surface area contributed by atoms with Crippen LogP contribution >= 0.6 is 11.6 Å². The number of nitrogens with zero attached hydrogens (tertiary/aromatic N) is 1. The smallest absolute Gasteiger partial charge is 0.230 e. The van der Waals surface area contributed by atoms with Gasteiger partial charge in [0.2, 0.25) is 5.89 Å². The summed E-state index contributed by atoms with van der Waals surface area (Å²) < 4.78 is 5.74. The first-order chi connectivity index (χ1) is 9.25. The fraction of sp³-hybridized carbons (Fsp3) is 0. The molecule has 3 nitrogen and oxygen atoms in total. The molecule has 4 heteroatoms. The van der Waals surface area contributed by atoms with Crippen LogP contribution in [0.1, 0.15) is 0 Å². The lowest BCUT2D eigenvalue weighted by Gasteiger charge is -2.03. The van der Waals surface area contributed by atoms with Gasteiger partial charge in [-0.1, -0.05) is 48.0 Å². The van der Waals surface area contributed by atoms with Crippen LogP contribution in [0.5, 0.6) is 0 Å². The molecule has 0 radical (unpaired) electrons. The molecule has 0 saturated heterocycles. The summed E-state index contributed by atoms with van der Waals surface area (Å²) in [4.78, 5) is 4.25. The molecule has 1 heterocycles. The molecule has 3 aromatic rings. The van der Waals surface area contributed by atoms with Gasteiger partial charge in [0, 0.05) is 11.3 Å². The molecule has 0 aliphatic heterocycles. The van der Waals surface area contributed by atoms with Crippen LogP contribution in [0.25, 0.3) is 22.8 Å². The number of rotatable bonds is 2. The third-order valence-corrected chi connectivity index (χ3v) is 3.14. The Bertz CT molecular complexity index is 687. The van der Waals surface area contributed by atoms with E-state index in [0.717, 1.165) is 5.56 Å². The molecule has 1 aromatic heterocycles. The highest BCUT2D eigenvalue weighted by atomic mass is 35.5. The zero-order valence-electron chi connectivity index (χ0n) is 10.0. The zero-order valence-corrected chi connectivity index (χ0v) is 10.8. The number of nitrogens with two attached hydrogens (primary N) is 1. The fourth-order valence-corrected chi connectivity index (χ4v) is 2.15. The molecule has 94 valence electrons. The number of halogens is 1. The summed E-state index contributed by atoms with van der Waals surface area (Å²) in [7, 11) is 0. The van der Waals surface area contributed by atoms with Crippen molar-refractivity contribution in [3.63, 3.8) is 0 Å². The standard InChI is InChI=1S/C15H11ClN2O/c16-11-7-4-8-12(17)14(11)15-18-9-13(19-15)10-5-2-1-3-6-10/h1-9H,17H2. The van der Waals surface area contributed by atoms with Crippen LogP contribution in [0.15, 0.2) is 59.1 Å². The first-order valence-electron chi connectivity index (χ1n) is 5.81. The predicted octanol–water partition coefficient (Wildman–Crippen LogP) is 4.24. The van der Waals surface area contributed by atoms with Gasteiger partial charge in [-0.15, -0.1) is 0 Å². The van der Waals surface area contributed by atoms with Gasteiger partial charge in [0.25, 0.3) is 0 Å². The van der Waals surface area contributed by atoms with Gasteiger partial charge in [-0.3, -0.25) is 0 Å². The highest BCUT2D eigenvalue weighted by Gasteiger charge is 2.14. The van der Waals surface area contributed by atoms with Crippen molar-refractivity contribution >= 4 is 17.3 Å². The third-order valence-electron chi connectivity index (χ3n) is 2.82.